The fourth-order valence-electron chi connectivity index (χ4n) is 6.23. The number of aromatic hydroxyl groups is 1. The normalized spacial score (nSPS) is 12.2. The molecule has 0 radical (unpaired) electrons. The minimum Gasteiger partial charge on any atom is -0.507 e. The zero-order chi connectivity index (χ0) is 32.2. The number of hydrogen-bond donors (Lipinski definition) is 1. The number of para-hydroxylation sites is 2. The average molecular weight is 602 g/mol. The van der Waals surface area contributed by atoms with Crippen LogP contribution in [0.15, 0.2) is 121 Å². The maximum Gasteiger partial charge on any atom is 0.149 e. The second-order valence-corrected chi connectivity index (χ2v) is 14.2. The van der Waals surface area contributed by atoms with E-state index >= 15 is 0 Å². The minimum absolute atomic E-state index is 0.00148. The van der Waals surface area contributed by atoms with Crippen LogP contribution in [0.5, 0.6) is 5.75 Å². The Morgan fingerprint density at radius 1 is 0.565 bits per heavy atom. The molecule has 0 saturated carbocycles. The fourth-order valence-corrected chi connectivity index (χ4v) is 6.23. The van der Waals surface area contributed by atoms with Gasteiger partial charge in [-0.1, -0.05) is 102 Å². The van der Waals surface area contributed by atoms with Gasteiger partial charge in [-0.3, -0.25) is 9.55 Å². The Bertz CT molecular complexity index is 2230. The lowest BCUT2D eigenvalue weighted by atomic mass is 9.84. The number of phenols is 1. The molecule has 228 valence electrons. The molecule has 0 aliphatic carbocycles. The van der Waals surface area contributed by atoms with Crippen LogP contribution in [0.4, 0.5) is 0 Å². The molecule has 4 nitrogen and oxygen atoms in total. The van der Waals surface area contributed by atoms with Gasteiger partial charge in [-0.2, -0.15) is 0 Å². The van der Waals surface area contributed by atoms with Gasteiger partial charge in [0.25, 0.3) is 0 Å². The number of benzene rings is 5. The van der Waals surface area contributed by atoms with E-state index < -0.39 is 0 Å². The number of nitrogens with zero attached hydrogens (tertiary/aromatic N) is 3. The van der Waals surface area contributed by atoms with Gasteiger partial charge in [0.05, 0.1) is 22.1 Å². The van der Waals surface area contributed by atoms with E-state index in [0.29, 0.717) is 11.4 Å². The Morgan fingerprint density at radius 2 is 1.26 bits per heavy atom. The first-order valence-electron chi connectivity index (χ1n) is 15.9. The molecule has 4 heteroatoms. The zero-order valence-corrected chi connectivity index (χ0v) is 27.3. The largest absolute Gasteiger partial charge is 0.507 e. The predicted molar refractivity (Wildman–Crippen MR) is 192 cm³/mol. The van der Waals surface area contributed by atoms with Gasteiger partial charge in [0, 0.05) is 28.4 Å². The van der Waals surface area contributed by atoms with Crippen molar-refractivity contribution in [2.75, 3.05) is 0 Å². The Balaban J connectivity index is 1.47. The van der Waals surface area contributed by atoms with Crippen molar-refractivity contribution in [1.29, 1.82) is 0 Å². The van der Waals surface area contributed by atoms with Crippen LogP contribution in [-0.2, 0) is 10.8 Å². The minimum atomic E-state index is -0.0824. The van der Waals surface area contributed by atoms with Crippen molar-refractivity contribution in [1.82, 2.24) is 14.5 Å². The standard InChI is InChI=1S/C42H39N3O/c1-41(2,3)30-20-21-37(46)35(25-30)40-44-39-33(18-11-19-36(39)45(40)32-16-8-7-9-17-32)27-13-10-14-28(23-27)34-26-31(42(4,5)6)24-29-15-12-22-43-38(29)34/h7-26,46H,1-6H3. The highest BCUT2D eigenvalue weighted by Crippen LogP contribution is 2.40. The van der Waals surface area contributed by atoms with Crippen molar-refractivity contribution in [3.05, 3.63) is 133 Å². The maximum absolute atomic E-state index is 11.2. The molecule has 7 aromatic rings. The van der Waals surface area contributed by atoms with Crippen LogP contribution in [0.3, 0.4) is 0 Å². The summed E-state index contributed by atoms with van der Waals surface area (Å²) in [7, 11) is 0. The summed E-state index contributed by atoms with van der Waals surface area (Å²) in [5.74, 6) is 0.920. The molecule has 0 aliphatic heterocycles. The van der Waals surface area contributed by atoms with E-state index in [1.54, 1.807) is 6.07 Å². The van der Waals surface area contributed by atoms with Gasteiger partial charge in [0.2, 0.25) is 0 Å². The van der Waals surface area contributed by atoms with E-state index in [2.05, 4.69) is 125 Å². The molecule has 1 N–H and O–H groups in total. The van der Waals surface area contributed by atoms with Gasteiger partial charge >= 0.3 is 0 Å². The highest BCUT2D eigenvalue weighted by molar-refractivity contribution is 5.99. The molecule has 0 bridgehead atoms. The molecule has 0 saturated heterocycles. The zero-order valence-electron chi connectivity index (χ0n) is 27.3. The summed E-state index contributed by atoms with van der Waals surface area (Å²) in [5, 5.41) is 12.3. The number of pyridine rings is 1. The highest BCUT2D eigenvalue weighted by Gasteiger charge is 2.23. The fraction of sp³-hybridized carbons (Fsp3) is 0.190. The second-order valence-electron chi connectivity index (χ2n) is 14.2. The van der Waals surface area contributed by atoms with Crippen molar-refractivity contribution in [3.63, 3.8) is 0 Å². The van der Waals surface area contributed by atoms with Crippen molar-refractivity contribution < 1.29 is 5.11 Å². The molecule has 0 fully saturated rings. The number of phenolic OH excluding ortho intramolecular Hbond substituents is 1. The smallest absolute Gasteiger partial charge is 0.149 e. The lowest BCUT2D eigenvalue weighted by Gasteiger charge is -2.21. The van der Waals surface area contributed by atoms with Crippen LogP contribution < -0.4 is 0 Å². The molecular formula is C42H39N3O. The Kier molecular flexibility index (Phi) is 7.05. The Labute approximate surface area is 271 Å². The topological polar surface area (TPSA) is 50.9 Å². The van der Waals surface area contributed by atoms with Gasteiger partial charge in [-0.05, 0) is 87.7 Å². The second kappa shape index (κ2) is 11.0. The third-order valence-electron chi connectivity index (χ3n) is 8.86. The molecule has 0 aliphatic rings. The van der Waals surface area contributed by atoms with E-state index in [4.69, 9.17) is 9.97 Å². The summed E-state index contributed by atoms with van der Waals surface area (Å²) >= 11 is 0. The van der Waals surface area contributed by atoms with E-state index in [-0.39, 0.29) is 16.6 Å². The van der Waals surface area contributed by atoms with E-state index in [9.17, 15) is 5.11 Å². The lowest BCUT2D eigenvalue weighted by molar-refractivity contribution is 0.475. The molecule has 0 spiro atoms. The van der Waals surface area contributed by atoms with Crippen molar-refractivity contribution >= 4 is 21.9 Å². The van der Waals surface area contributed by atoms with Crippen molar-refractivity contribution in [2.45, 2.75) is 52.4 Å². The third-order valence-corrected chi connectivity index (χ3v) is 8.86. The first-order chi connectivity index (χ1) is 22.0. The quantitative estimate of drug-likeness (QED) is 0.218. The summed E-state index contributed by atoms with van der Waals surface area (Å²) < 4.78 is 2.16. The van der Waals surface area contributed by atoms with Crippen molar-refractivity contribution in [2.24, 2.45) is 0 Å². The molecule has 2 aromatic heterocycles. The van der Waals surface area contributed by atoms with Crippen LogP contribution in [0.1, 0.15) is 52.7 Å². The van der Waals surface area contributed by atoms with Crippen molar-refractivity contribution in [3.8, 4) is 45.1 Å². The van der Waals surface area contributed by atoms with Crippen LogP contribution in [-0.4, -0.2) is 19.6 Å². The SMILES string of the molecule is CC(C)(C)c1ccc(O)c(-c2nc3c(-c4cccc(-c5cc(C(C)(C)C)cc6cccnc56)c4)cccc3n2-c2ccccc2)c1. The molecular weight excluding hydrogens is 562 g/mol. The van der Waals surface area contributed by atoms with E-state index in [1.807, 2.05) is 36.5 Å². The number of imidazole rings is 1. The molecule has 0 unspecified atom stereocenters. The van der Waals surface area contributed by atoms with Crippen LogP contribution in [0, 0.1) is 0 Å². The molecule has 2 heterocycles. The monoisotopic (exact) mass is 601 g/mol. The first kappa shape index (κ1) is 29.5. The van der Waals surface area contributed by atoms with Gasteiger partial charge in [-0.25, -0.2) is 4.98 Å². The lowest BCUT2D eigenvalue weighted by Crippen LogP contribution is -2.11. The molecule has 46 heavy (non-hydrogen) atoms. The third kappa shape index (κ3) is 5.24. The highest BCUT2D eigenvalue weighted by atomic mass is 16.3. The number of rotatable bonds is 4. The van der Waals surface area contributed by atoms with E-state index in [0.717, 1.165) is 55.4 Å². The Morgan fingerprint density at radius 3 is 2.00 bits per heavy atom. The van der Waals surface area contributed by atoms with Gasteiger partial charge in [-0.15, -0.1) is 0 Å². The molecule has 7 rings (SSSR count). The van der Waals surface area contributed by atoms with E-state index in [1.165, 1.54) is 5.56 Å². The molecule has 5 aromatic carbocycles. The number of fused-ring (bicyclic) bond motifs is 2. The predicted octanol–water partition coefficient (Wildman–Crippen LogP) is 10.9. The summed E-state index contributed by atoms with van der Waals surface area (Å²) in [6, 6.07) is 39.9. The maximum atomic E-state index is 11.2. The van der Waals surface area contributed by atoms with Crippen LogP contribution in [0.25, 0.3) is 61.3 Å². The average Bonchev–Trinajstić information content (AvgIpc) is 3.43. The van der Waals surface area contributed by atoms with Crippen LogP contribution >= 0.6 is 0 Å². The summed E-state index contributed by atoms with van der Waals surface area (Å²) in [5.41, 5.74) is 11.2. The number of hydrogen-bond acceptors (Lipinski definition) is 3. The molecule has 0 atom stereocenters. The summed E-state index contributed by atoms with van der Waals surface area (Å²) in [6.45, 7) is 13.3. The van der Waals surface area contributed by atoms with Crippen LogP contribution in [0.2, 0.25) is 0 Å². The summed E-state index contributed by atoms with van der Waals surface area (Å²) in [6.07, 6.45) is 1.87. The van der Waals surface area contributed by atoms with Gasteiger partial charge in [0.15, 0.2) is 0 Å². The van der Waals surface area contributed by atoms with Gasteiger partial charge in [0.1, 0.15) is 11.6 Å². The Hall–Kier alpha value is -5.22. The first-order valence-corrected chi connectivity index (χ1v) is 15.9. The summed E-state index contributed by atoms with van der Waals surface area (Å²) in [4.78, 5) is 10.1. The molecule has 0 amide bonds. The number of aromatic nitrogens is 3. The van der Waals surface area contributed by atoms with Gasteiger partial charge < -0.3 is 5.11 Å².